The lowest BCUT2D eigenvalue weighted by Gasteiger charge is -2.20. The summed E-state index contributed by atoms with van der Waals surface area (Å²) in [6, 6.07) is 17.7. The van der Waals surface area contributed by atoms with Crippen LogP contribution in [0, 0.1) is 5.92 Å². The van der Waals surface area contributed by atoms with Crippen molar-refractivity contribution in [3.63, 3.8) is 0 Å². The maximum absolute atomic E-state index is 12.6. The average molecular weight is 386 g/mol. The van der Waals surface area contributed by atoms with Crippen LogP contribution >= 0.6 is 0 Å². The molecule has 0 radical (unpaired) electrons. The van der Waals surface area contributed by atoms with E-state index in [1.807, 2.05) is 43.3 Å². The number of anilines is 1. The standard InChI is InChI=1S/C22H21F3N2O/c1-14(12-15-6-7-16-4-2-3-5-17(16)13-15)20(26)21(28)27-19-10-8-18(9-11-19)22(23,24)25/h2-11,13-14,20H,12,26H2,1H3,(H,27,28)/t14?,20-/m0/s1. The molecule has 1 amide bonds. The van der Waals surface area contributed by atoms with Gasteiger partial charge >= 0.3 is 6.18 Å². The molecule has 0 bridgehead atoms. The number of rotatable bonds is 5. The summed E-state index contributed by atoms with van der Waals surface area (Å²) >= 11 is 0. The van der Waals surface area contributed by atoms with Crippen molar-refractivity contribution >= 4 is 22.4 Å². The molecule has 0 spiro atoms. The average Bonchev–Trinajstić information content (AvgIpc) is 2.67. The van der Waals surface area contributed by atoms with Crippen LogP contribution in [0.4, 0.5) is 18.9 Å². The third-order valence-electron chi connectivity index (χ3n) is 4.77. The highest BCUT2D eigenvalue weighted by Gasteiger charge is 2.30. The summed E-state index contributed by atoms with van der Waals surface area (Å²) in [5, 5.41) is 4.85. The van der Waals surface area contributed by atoms with Crippen LogP contribution in [0.2, 0.25) is 0 Å². The largest absolute Gasteiger partial charge is 0.416 e. The Hall–Kier alpha value is -2.86. The molecule has 0 fully saturated rings. The van der Waals surface area contributed by atoms with E-state index >= 15 is 0 Å². The zero-order chi connectivity index (χ0) is 20.3. The summed E-state index contributed by atoms with van der Waals surface area (Å²) in [5.41, 5.74) is 6.67. The van der Waals surface area contributed by atoms with E-state index in [-0.39, 0.29) is 11.6 Å². The van der Waals surface area contributed by atoms with Gasteiger partial charge in [-0.1, -0.05) is 49.4 Å². The number of alkyl halides is 3. The summed E-state index contributed by atoms with van der Waals surface area (Å²) in [4.78, 5) is 12.4. The molecule has 0 aliphatic carbocycles. The summed E-state index contributed by atoms with van der Waals surface area (Å²) < 4.78 is 37.8. The van der Waals surface area contributed by atoms with Gasteiger partial charge in [-0.25, -0.2) is 0 Å². The lowest BCUT2D eigenvalue weighted by molar-refractivity contribution is -0.137. The molecule has 0 aromatic heterocycles. The molecule has 0 heterocycles. The molecule has 1 unspecified atom stereocenters. The topological polar surface area (TPSA) is 55.1 Å². The van der Waals surface area contributed by atoms with Gasteiger partial charge in [0, 0.05) is 5.69 Å². The van der Waals surface area contributed by atoms with Crippen molar-refractivity contribution in [3.8, 4) is 0 Å². The van der Waals surface area contributed by atoms with Crippen LogP contribution in [-0.2, 0) is 17.4 Å². The molecule has 3 aromatic carbocycles. The molecule has 3 nitrogen and oxygen atoms in total. The van der Waals surface area contributed by atoms with Gasteiger partial charge < -0.3 is 11.1 Å². The molecule has 0 aliphatic rings. The van der Waals surface area contributed by atoms with E-state index in [9.17, 15) is 18.0 Å². The van der Waals surface area contributed by atoms with Crippen molar-refractivity contribution in [1.29, 1.82) is 0 Å². The van der Waals surface area contributed by atoms with Gasteiger partial charge in [-0.15, -0.1) is 0 Å². The smallest absolute Gasteiger partial charge is 0.325 e. The minimum Gasteiger partial charge on any atom is -0.325 e. The number of nitrogens with one attached hydrogen (secondary N) is 1. The maximum atomic E-state index is 12.6. The first kappa shape index (κ1) is 19.9. The maximum Gasteiger partial charge on any atom is 0.416 e. The molecule has 146 valence electrons. The zero-order valence-corrected chi connectivity index (χ0v) is 15.3. The van der Waals surface area contributed by atoms with E-state index in [0.717, 1.165) is 28.5 Å². The minimum atomic E-state index is -4.41. The molecule has 6 heteroatoms. The zero-order valence-electron chi connectivity index (χ0n) is 15.3. The molecule has 3 rings (SSSR count). The molecular weight excluding hydrogens is 365 g/mol. The van der Waals surface area contributed by atoms with Gasteiger partial charge in [-0.2, -0.15) is 13.2 Å². The Morgan fingerprint density at radius 2 is 1.64 bits per heavy atom. The Balaban J connectivity index is 1.63. The number of hydrogen-bond donors (Lipinski definition) is 2. The van der Waals surface area contributed by atoms with E-state index in [4.69, 9.17) is 5.73 Å². The number of halogens is 3. The van der Waals surface area contributed by atoms with Gasteiger partial charge in [0.25, 0.3) is 0 Å². The number of carbonyl (C=O) groups excluding carboxylic acids is 1. The second-order valence-corrected chi connectivity index (χ2v) is 6.95. The molecule has 0 saturated carbocycles. The Kier molecular flexibility index (Phi) is 5.70. The van der Waals surface area contributed by atoms with E-state index in [2.05, 4.69) is 11.4 Å². The van der Waals surface area contributed by atoms with E-state index in [0.29, 0.717) is 6.42 Å². The van der Waals surface area contributed by atoms with E-state index in [1.165, 1.54) is 12.1 Å². The minimum absolute atomic E-state index is 0.143. The first-order chi connectivity index (χ1) is 13.2. The summed E-state index contributed by atoms with van der Waals surface area (Å²) in [5.74, 6) is -0.566. The van der Waals surface area contributed by atoms with Crippen LogP contribution in [0.25, 0.3) is 10.8 Å². The number of hydrogen-bond acceptors (Lipinski definition) is 2. The van der Waals surface area contributed by atoms with Crippen molar-refractivity contribution in [2.75, 3.05) is 5.32 Å². The van der Waals surface area contributed by atoms with Crippen LogP contribution < -0.4 is 11.1 Å². The van der Waals surface area contributed by atoms with Gasteiger partial charge in [0.1, 0.15) is 0 Å². The normalized spacial score (nSPS) is 13.9. The molecule has 3 N–H and O–H groups in total. The van der Waals surface area contributed by atoms with Gasteiger partial charge in [-0.05, 0) is 52.9 Å². The fraction of sp³-hybridized carbons (Fsp3) is 0.227. The van der Waals surface area contributed by atoms with Gasteiger partial charge in [0.05, 0.1) is 11.6 Å². The Morgan fingerprint density at radius 1 is 1.00 bits per heavy atom. The summed E-state index contributed by atoms with van der Waals surface area (Å²) in [6.07, 6.45) is -3.79. The number of amides is 1. The quantitative estimate of drug-likeness (QED) is 0.648. The fourth-order valence-electron chi connectivity index (χ4n) is 3.09. The van der Waals surface area contributed by atoms with Crippen molar-refractivity contribution in [1.82, 2.24) is 0 Å². The predicted molar refractivity (Wildman–Crippen MR) is 105 cm³/mol. The Morgan fingerprint density at radius 3 is 2.29 bits per heavy atom. The van der Waals surface area contributed by atoms with Crippen LogP contribution in [0.5, 0.6) is 0 Å². The van der Waals surface area contributed by atoms with Crippen molar-refractivity contribution in [2.45, 2.75) is 25.6 Å². The first-order valence-electron chi connectivity index (χ1n) is 8.95. The summed E-state index contributed by atoms with van der Waals surface area (Å²) in [6.45, 7) is 1.88. The Bertz CT molecular complexity index is 967. The number of carbonyl (C=O) groups is 1. The lowest BCUT2D eigenvalue weighted by Crippen LogP contribution is -2.41. The van der Waals surface area contributed by atoms with E-state index in [1.54, 1.807) is 0 Å². The number of benzene rings is 3. The van der Waals surface area contributed by atoms with Crippen LogP contribution in [0.3, 0.4) is 0 Å². The van der Waals surface area contributed by atoms with Crippen LogP contribution in [-0.4, -0.2) is 11.9 Å². The van der Waals surface area contributed by atoms with Crippen molar-refractivity contribution < 1.29 is 18.0 Å². The highest BCUT2D eigenvalue weighted by molar-refractivity contribution is 5.94. The molecule has 0 saturated heterocycles. The Labute approximate surface area is 161 Å². The molecule has 0 aliphatic heterocycles. The highest BCUT2D eigenvalue weighted by atomic mass is 19.4. The third-order valence-corrected chi connectivity index (χ3v) is 4.77. The molecule has 3 aromatic rings. The monoisotopic (exact) mass is 386 g/mol. The van der Waals surface area contributed by atoms with Crippen LogP contribution in [0.1, 0.15) is 18.1 Å². The lowest BCUT2D eigenvalue weighted by atomic mass is 9.92. The summed E-state index contributed by atoms with van der Waals surface area (Å²) in [7, 11) is 0. The molecule has 28 heavy (non-hydrogen) atoms. The molecular formula is C22H21F3N2O. The highest BCUT2D eigenvalue weighted by Crippen LogP contribution is 2.30. The van der Waals surface area contributed by atoms with Gasteiger partial charge in [-0.3, -0.25) is 4.79 Å². The third kappa shape index (κ3) is 4.70. The number of nitrogens with two attached hydrogens (primary N) is 1. The van der Waals surface area contributed by atoms with Gasteiger partial charge in [0.15, 0.2) is 0 Å². The first-order valence-corrected chi connectivity index (χ1v) is 8.95. The van der Waals surface area contributed by atoms with Crippen LogP contribution in [0.15, 0.2) is 66.7 Å². The second-order valence-electron chi connectivity index (χ2n) is 6.95. The molecule has 2 atom stereocenters. The van der Waals surface area contributed by atoms with Crippen molar-refractivity contribution in [3.05, 3.63) is 77.9 Å². The second kappa shape index (κ2) is 8.02. The number of fused-ring (bicyclic) bond motifs is 1. The van der Waals surface area contributed by atoms with Crippen molar-refractivity contribution in [2.24, 2.45) is 11.7 Å². The van der Waals surface area contributed by atoms with E-state index < -0.39 is 23.7 Å². The predicted octanol–water partition coefficient (Wildman–Crippen LogP) is 5.00. The van der Waals surface area contributed by atoms with Gasteiger partial charge in [0.2, 0.25) is 5.91 Å². The fourth-order valence-corrected chi connectivity index (χ4v) is 3.09. The SMILES string of the molecule is CC(Cc1ccc2ccccc2c1)[C@H](N)C(=O)Nc1ccc(C(F)(F)F)cc1.